The summed E-state index contributed by atoms with van der Waals surface area (Å²) in [5, 5.41) is 2.97. The number of hydrogen-bond acceptors (Lipinski definition) is 5. The number of ether oxygens (including phenoxy) is 3. The lowest BCUT2D eigenvalue weighted by Crippen LogP contribution is -2.49. The molecule has 1 amide bonds. The Balaban J connectivity index is 1.88. The van der Waals surface area contributed by atoms with Crippen LogP contribution in [0.15, 0.2) is 12.2 Å². The fourth-order valence-electron chi connectivity index (χ4n) is 2.99. The fraction of sp³-hybridized carbons (Fsp3) is 0.812. The van der Waals surface area contributed by atoms with E-state index in [1.54, 1.807) is 6.08 Å². The summed E-state index contributed by atoms with van der Waals surface area (Å²) < 4.78 is 17.2. The average Bonchev–Trinajstić information content (AvgIpc) is 3.07. The summed E-state index contributed by atoms with van der Waals surface area (Å²) in [6, 6.07) is 0. The summed E-state index contributed by atoms with van der Waals surface area (Å²) in [4.78, 5) is 13.9. The van der Waals surface area contributed by atoms with E-state index < -0.39 is 5.79 Å². The van der Waals surface area contributed by atoms with Gasteiger partial charge in [-0.25, -0.2) is 0 Å². The van der Waals surface area contributed by atoms with Crippen LogP contribution >= 0.6 is 0 Å². The van der Waals surface area contributed by atoms with Crippen LogP contribution in [0.25, 0.3) is 0 Å². The number of carbonyl (C=O) groups is 1. The lowest BCUT2D eigenvalue weighted by Gasteiger charge is -2.38. The molecule has 2 heterocycles. The smallest absolute Gasteiger partial charge is 0.243 e. The van der Waals surface area contributed by atoms with Gasteiger partial charge in [0.25, 0.3) is 0 Å². The Bertz CT molecular complexity index is 409. The second-order valence-corrected chi connectivity index (χ2v) is 6.95. The maximum Gasteiger partial charge on any atom is 0.243 e. The standard InChI is InChI=1S/C16H28N2O4/c1-15(2,11-17-14(19)6-5-7-18(3)4)13-10-20-12-16(13)21-8-9-22-16/h5-6,13H,7-12H2,1-4H3,(H,17,19)/b6-5+. The minimum atomic E-state index is -0.630. The third-order valence-electron chi connectivity index (χ3n) is 4.30. The highest BCUT2D eigenvalue weighted by Gasteiger charge is 2.55. The van der Waals surface area contributed by atoms with Gasteiger partial charge >= 0.3 is 0 Å². The highest BCUT2D eigenvalue weighted by atomic mass is 16.8. The van der Waals surface area contributed by atoms with Gasteiger partial charge in [-0.15, -0.1) is 0 Å². The van der Waals surface area contributed by atoms with Crippen LogP contribution in [-0.4, -0.2) is 70.2 Å². The Morgan fingerprint density at radius 2 is 2.05 bits per heavy atom. The predicted molar refractivity (Wildman–Crippen MR) is 83.4 cm³/mol. The van der Waals surface area contributed by atoms with E-state index in [0.29, 0.717) is 33.0 Å². The molecule has 6 heteroatoms. The van der Waals surface area contributed by atoms with E-state index in [1.807, 2.05) is 25.1 Å². The Labute approximate surface area is 132 Å². The Morgan fingerprint density at radius 1 is 1.36 bits per heavy atom. The topological polar surface area (TPSA) is 60.0 Å². The zero-order valence-electron chi connectivity index (χ0n) is 14.1. The van der Waals surface area contributed by atoms with E-state index in [0.717, 1.165) is 6.54 Å². The molecule has 2 saturated heterocycles. The molecule has 2 aliphatic rings. The van der Waals surface area contributed by atoms with Gasteiger partial charge in [0.05, 0.1) is 19.8 Å². The minimum Gasteiger partial charge on any atom is -0.375 e. The van der Waals surface area contributed by atoms with Gasteiger partial charge in [-0.2, -0.15) is 0 Å². The van der Waals surface area contributed by atoms with E-state index in [2.05, 4.69) is 19.2 Å². The summed E-state index contributed by atoms with van der Waals surface area (Å²) in [5.41, 5.74) is -0.175. The summed E-state index contributed by atoms with van der Waals surface area (Å²) in [7, 11) is 3.93. The minimum absolute atomic E-state index is 0.0730. The molecular formula is C16H28N2O4. The van der Waals surface area contributed by atoms with Crippen molar-refractivity contribution in [3.63, 3.8) is 0 Å². The van der Waals surface area contributed by atoms with Crippen molar-refractivity contribution in [2.75, 3.05) is 53.6 Å². The molecule has 0 aliphatic carbocycles. The Hall–Kier alpha value is -0.950. The molecule has 1 N–H and O–H groups in total. The van der Waals surface area contributed by atoms with E-state index in [9.17, 15) is 4.79 Å². The van der Waals surface area contributed by atoms with Crippen LogP contribution in [0.1, 0.15) is 13.8 Å². The zero-order valence-corrected chi connectivity index (χ0v) is 14.1. The normalized spacial score (nSPS) is 24.7. The largest absolute Gasteiger partial charge is 0.375 e. The molecule has 0 aromatic heterocycles. The number of hydrogen-bond donors (Lipinski definition) is 1. The third-order valence-corrected chi connectivity index (χ3v) is 4.30. The molecule has 0 aromatic carbocycles. The highest BCUT2D eigenvalue weighted by molar-refractivity contribution is 5.87. The SMILES string of the molecule is CN(C)C/C=C/C(=O)NCC(C)(C)C1COCC12OCCO2. The lowest BCUT2D eigenvalue weighted by molar-refractivity contribution is -0.197. The number of likely N-dealkylation sites (N-methyl/N-ethyl adjacent to an activating group) is 1. The van der Waals surface area contributed by atoms with Crippen molar-refractivity contribution in [2.24, 2.45) is 11.3 Å². The number of amides is 1. The van der Waals surface area contributed by atoms with E-state index in [4.69, 9.17) is 14.2 Å². The van der Waals surface area contributed by atoms with Crippen LogP contribution in [0.3, 0.4) is 0 Å². The molecule has 0 bridgehead atoms. The van der Waals surface area contributed by atoms with E-state index in [1.165, 1.54) is 0 Å². The first-order valence-electron chi connectivity index (χ1n) is 7.80. The third kappa shape index (κ3) is 4.07. The van der Waals surface area contributed by atoms with Gasteiger partial charge in [0.1, 0.15) is 6.61 Å². The molecule has 2 aliphatic heterocycles. The first-order chi connectivity index (χ1) is 10.4. The summed E-state index contributed by atoms with van der Waals surface area (Å²) in [5.74, 6) is -0.598. The molecule has 2 fully saturated rings. The number of carbonyl (C=O) groups excluding carboxylic acids is 1. The van der Waals surface area contributed by atoms with Crippen LogP contribution in [0.4, 0.5) is 0 Å². The molecule has 22 heavy (non-hydrogen) atoms. The first kappa shape index (κ1) is 17.4. The predicted octanol–water partition coefficient (Wildman–Crippen LogP) is 0.636. The summed E-state index contributed by atoms with van der Waals surface area (Å²) in [6.07, 6.45) is 3.44. The van der Waals surface area contributed by atoms with E-state index in [-0.39, 0.29) is 17.2 Å². The molecular weight excluding hydrogens is 284 g/mol. The van der Waals surface area contributed by atoms with Crippen molar-refractivity contribution < 1.29 is 19.0 Å². The fourth-order valence-corrected chi connectivity index (χ4v) is 2.99. The summed E-state index contributed by atoms with van der Waals surface area (Å²) in [6.45, 7) is 7.81. The Kier molecular flexibility index (Phi) is 5.60. The first-order valence-corrected chi connectivity index (χ1v) is 7.80. The summed E-state index contributed by atoms with van der Waals surface area (Å²) >= 11 is 0. The number of nitrogens with zero attached hydrogens (tertiary/aromatic N) is 1. The number of rotatable bonds is 6. The molecule has 0 saturated carbocycles. The number of nitrogens with one attached hydrogen (secondary N) is 1. The molecule has 1 spiro atoms. The van der Waals surface area contributed by atoms with Crippen molar-refractivity contribution in [2.45, 2.75) is 19.6 Å². The van der Waals surface area contributed by atoms with Crippen molar-refractivity contribution in [1.82, 2.24) is 10.2 Å². The molecule has 0 aromatic rings. The van der Waals surface area contributed by atoms with Crippen LogP contribution in [0.2, 0.25) is 0 Å². The molecule has 0 radical (unpaired) electrons. The van der Waals surface area contributed by atoms with Crippen LogP contribution in [0.5, 0.6) is 0 Å². The van der Waals surface area contributed by atoms with Gasteiger partial charge < -0.3 is 24.4 Å². The molecule has 2 rings (SSSR count). The zero-order chi connectivity index (χ0) is 16.2. The highest BCUT2D eigenvalue weighted by Crippen LogP contribution is 2.44. The quantitative estimate of drug-likeness (QED) is 0.729. The molecule has 1 unspecified atom stereocenters. The van der Waals surface area contributed by atoms with E-state index >= 15 is 0 Å². The molecule has 1 atom stereocenters. The second kappa shape index (κ2) is 7.08. The van der Waals surface area contributed by atoms with Crippen LogP contribution in [-0.2, 0) is 19.0 Å². The molecule has 126 valence electrons. The molecule has 6 nitrogen and oxygen atoms in total. The van der Waals surface area contributed by atoms with Crippen LogP contribution < -0.4 is 5.32 Å². The lowest BCUT2D eigenvalue weighted by atomic mass is 9.75. The van der Waals surface area contributed by atoms with Gasteiger partial charge in [-0.05, 0) is 19.5 Å². The monoisotopic (exact) mass is 312 g/mol. The van der Waals surface area contributed by atoms with Gasteiger partial charge in [0.15, 0.2) is 5.79 Å². The van der Waals surface area contributed by atoms with Crippen LogP contribution in [0, 0.1) is 11.3 Å². The van der Waals surface area contributed by atoms with Gasteiger partial charge in [0, 0.05) is 25.1 Å². The Morgan fingerprint density at radius 3 is 2.68 bits per heavy atom. The second-order valence-electron chi connectivity index (χ2n) is 6.95. The average molecular weight is 312 g/mol. The van der Waals surface area contributed by atoms with Crippen molar-refractivity contribution in [3.8, 4) is 0 Å². The van der Waals surface area contributed by atoms with Gasteiger partial charge in [-0.1, -0.05) is 19.9 Å². The van der Waals surface area contributed by atoms with Crippen molar-refractivity contribution >= 4 is 5.91 Å². The van der Waals surface area contributed by atoms with Crippen molar-refractivity contribution in [1.29, 1.82) is 0 Å². The van der Waals surface area contributed by atoms with Gasteiger partial charge in [-0.3, -0.25) is 4.79 Å². The van der Waals surface area contributed by atoms with Gasteiger partial charge in [0.2, 0.25) is 5.91 Å². The maximum atomic E-state index is 11.9. The maximum absolute atomic E-state index is 11.9. The van der Waals surface area contributed by atoms with Crippen molar-refractivity contribution in [3.05, 3.63) is 12.2 Å².